The number of carbonyl (C=O) groups excluding carboxylic acids is 2. The summed E-state index contributed by atoms with van der Waals surface area (Å²) in [7, 11) is -4.37. The van der Waals surface area contributed by atoms with E-state index in [9.17, 15) is 18.0 Å². The number of hydrogen-bond acceptors (Lipinski definition) is 8. The topological polar surface area (TPSA) is 105 Å². The van der Waals surface area contributed by atoms with E-state index in [0.717, 1.165) is 0 Å². The average molecular weight is 378 g/mol. The predicted molar refractivity (Wildman–Crippen MR) is 86.6 cm³/mol. The van der Waals surface area contributed by atoms with Crippen molar-refractivity contribution >= 4 is 22.3 Å². The molecule has 2 fully saturated rings. The van der Waals surface area contributed by atoms with Gasteiger partial charge >= 0.3 is 22.3 Å². The van der Waals surface area contributed by atoms with Crippen molar-refractivity contribution in [2.45, 2.75) is 65.6 Å². The summed E-state index contributed by atoms with van der Waals surface area (Å²) in [6.07, 6.45) is 0.652. The van der Waals surface area contributed by atoms with Gasteiger partial charge in [0.15, 0.2) is 0 Å². The normalized spacial score (nSPS) is 34.0. The smallest absolute Gasteiger partial charge is 0.399 e. The minimum absolute atomic E-state index is 0.326. The van der Waals surface area contributed by atoms with Gasteiger partial charge in [0.25, 0.3) is 0 Å². The highest BCUT2D eigenvalue weighted by atomic mass is 32.3. The van der Waals surface area contributed by atoms with Crippen LogP contribution >= 0.6 is 0 Å². The largest absolute Gasteiger partial charge is 0.459 e. The first-order valence-corrected chi connectivity index (χ1v) is 9.42. The molecule has 0 aromatic rings. The third kappa shape index (κ3) is 4.51. The van der Waals surface area contributed by atoms with Gasteiger partial charge in [-0.15, -0.1) is 0 Å². The Morgan fingerprint density at radius 1 is 0.800 bits per heavy atom. The van der Waals surface area contributed by atoms with E-state index < -0.39 is 44.4 Å². The molecule has 0 spiro atoms. The Kier molecular flexibility index (Phi) is 4.77. The van der Waals surface area contributed by atoms with E-state index >= 15 is 0 Å². The quantitative estimate of drug-likeness (QED) is 0.644. The Bertz CT molecular complexity index is 628. The lowest BCUT2D eigenvalue weighted by Gasteiger charge is -2.22. The Hall–Kier alpha value is -1.19. The molecule has 8 nitrogen and oxygen atoms in total. The molecule has 25 heavy (non-hydrogen) atoms. The van der Waals surface area contributed by atoms with E-state index in [1.807, 2.05) is 0 Å². The summed E-state index contributed by atoms with van der Waals surface area (Å²) in [4.78, 5) is 23.9. The van der Waals surface area contributed by atoms with Crippen LogP contribution in [0.15, 0.2) is 0 Å². The fourth-order valence-electron chi connectivity index (χ4n) is 3.50. The summed E-state index contributed by atoms with van der Waals surface area (Å²) in [5.41, 5.74) is -3.49. The standard InChI is InChI=1S/C16H26O8S/c1-13(2)7-15(5,11(17)23-13)9-21-25(19,20)22-10-16(6)8-14(3,4)24-12(16)18/h7-10H2,1-6H3. The van der Waals surface area contributed by atoms with Crippen LogP contribution in [0.25, 0.3) is 0 Å². The fraction of sp³-hybridized carbons (Fsp3) is 0.875. The van der Waals surface area contributed by atoms with Crippen molar-refractivity contribution in [3.05, 3.63) is 0 Å². The molecule has 0 aromatic heterocycles. The first kappa shape index (κ1) is 20.1. The van der Waals surface area contributed by atoms with Crippen LogP contribution in [0.4, 0.5) is 0 Å². The van der Waals surface area contributed by atoms with Gasteiger partial charge in [0.05, 0.1) is 24.0 Å². The maximum atomic E-state index is 12.0. The van der Waals surface area contributed by atoms with Gasteiger partial charge in [0.2, 0.25) is 0 Å². The lowest BCUT2D eigenvalue weighted by Crippen LogP contribution is -2.33. The third-order valence-electron chi connectivity index (χ3n) is 4.40. The van der Waals surface area contributed by atoms with Crippen LogP contribution in [-0.2, 0) is 37.8 Å². The molecule has 2 rings (SSSR count). The molecule has 144 valence electrons. The second kappa shape index (κ2) is 5.92. The summed E-state index contributed by atoms with van der Waals surface area (Å²) < 4.78 is 44.2. The average Bonchev–Trinajstić information content (AvgIpc) is 2.75. The zero-order valence-electron chi connectivity index (χ0n) is 15.5. The van der Waals surface area contributed by atoms with E-state index in [1.165, 1.54) is 0 Å². The Labute approximate surface area is 148 Å². The van der Waals surface area contributed by atoms with E-state index in [4.69, 9.17) is 17.8 Å². The van der Waals surface area contributed by atoms with E-state index in [-0.39, 0.29) is 13.2 Å². The molecule has 2 unspecified atom stereocenters. The van der Waals surface area contributed by atoms with Gasteiger partial charge < -0.3 is 9.47 Å². The number of hydrogen-bond donors (Lipinski definition) is 0. The molecule has 2 aliphatic heterocycles. The monoisotopic (exact) mass is 378 g/mol. The molecule has 2 aliphatic rings. The first-order chi connectivity index (χ1) is 11.1. The van der Waals surface area contributed by atoms with Crippen molar-refractivity contribution in [2.24, 2.45) is 10.8 Å². The molecule has 0 N–H and O–H groups in total. The Morgan fingerprint density at radius 2 is 1.12 bits per heavy atom. The maximum absolute atomic E-state index is 12.0. The van der Waals surface area contributed by atoms with Crippen LogP contribution in [0.1, 0.15) is 54.4 Å². The molecule has 2 heterocycles. The molecule has 0 aliphatic carbocycles. The van der Waals surface area contributed by atoms with Crippen molar-refractivity contribution in [1.29, 1.82) is 0 Å². The van der Waals surface area contributed by atoms with E-state index in [0.29, 0.717) is 12.8 Å². The van der Waals surface area contributed by atoms with Crippen molar-refractivity contribution in [3.63, 3.8) is 0 Å². The highest BCUT2D eigenvalue weighted by Crippen LogP contribution is 2.42. The maximum Gasteiger partial charge on any atom is 0.399 e. The minimum atomic E-state index is -4.37. The van der Waals surface area contributed by atoms with E-state index in [2.05, 4.69) is 0 Å². The minimum Gasteiger partial charge on any atom is -0.459 e. The Morgan fingerprint density at radius 3 is 1.36 bits per heavy atom. The molecule has 2 saturated heterocycles. The second-order valence-corrected chi connectivity index (χ2v) is 9.99. The zero-order valence-corrected chi connectivity index (χ0v) is 16.3. The van der Waals surface area contributed by atoms with Gasteiger partial charge in [-0.25, -0.2) is 8.37 Å². The number of esters is 2. The SMILES string of the molecule is CC1(C)CC(C)(COS(=O)(=O)OCC2(C)CC(C)(C)OC2=O)C(=O)O1. The fourth-order valence-corrected chi connectivity index (χ4v) is 4.38. The number of cyclic esters (lactones) is 2. The Balaban J connectivity index is 1.95. The lowest BCUT2D eigenvalue weighted by molar-refractivity contribution is -0.153. The van der Waals surface area contributed by atoms with Gasteiger partial charge in [-0.05, 0) is 41.5 Å². The van der Waals surface area contributed by atoms with Gasteiger partial charge in [-0.2, -0.15) is 8.42 Å². The van der Waals surface area contributed by atoms with Crippen molar-refractivity contribution in [2.75, 3.05) is 13.2 Å². The van der Waals surface area contributed by atoms with Crippen LogP contribution in [0.3, 0.4) is 0 Å². The van der Waals surface area contributed by atoms with Gasteiger partial charge in [0, 0.05) is 12.8 Å². The molecule has 0 saturated carbocycles. The second-order valence-electron chi connectivity index (χ2n) is 8.71. The summed E-state index contributed by atoms with van der Waals surface area (Å²) in [5, 5.41) is 0. The van der Waals surface area contributed by atoms with Crippen molar-refractivity contribution in [1.82, 2.24) is 0 Å². The predicted octanol–water partition coefficient (Wildman–Crippen LogP) is 1.73. The number of ether oxygens (including phenoxy) is 2. The van der Waals surface area contributed by atoms with Gasteiger partial charge in [-0.3, -0.25) is 9.59 Å². The molecule has 0 radical (unpaired) electrons. The molecular weight excluding hydrogens is 352 g/mol. The summed E-state index contributed by atoms with van der Waals surface area (Å²) in [5.74, 6) is -1.03. The van der Waals surface area contributed by atoms with E-state index in [1.54, 1.807) is 41.5 Å². The molecular formula is C16H26O8S. The number of carbonyl (C=O) groups is 2. The summed E-state index contributed by atoms with van der Waals surface area (Å²) >= 11 is 0. The van der Waals surface area contributed by atoms with Crippen molar-refractivity contribution < 1.29 is 35.8 Å². The van der Waals surface area contributed by atoms with Crippen LogP contribution in [-0.4, -0.2) is 44.8 Å². The van der Waals surface area contributed by atoms with Gasteiger partial charge in [0.1, 0.15) is 11.2 Å². The highest BCUT2D eigenvalue weighted by Gasteiger charge is 2.52. The summed E-state index contributed by atoms with van der Waals surface area (Å²) in [6.45, 7) is 9.37. The van der Waals surface area contributed by atoms with Crippen LogP contribution in [0.2, 0.25) is 0 Å². The first-order valence-electron chi connectivity index (χ1n) is 8.09. The lowest BCUT2D eigenvalue weighted by atomic mass is 9.84. The molecule has 0 amide bonds. The van der Waals surface area contributed by atoms with Crippen LogP contribution in [0, 0.1) is 10.8 Å². The molecule has 0 aromatic carbocycles. The van der Waals surface area contributed by atoms with Crippen LogP contribution in [0.5, 0.6) is 0 Å². The summed E-state index contributed by atoms with van der Waals surface area (Å²) in [6, 6.07) is 0. The van der Waals surface area contributed by atoms with Crippen LogP contribution < -0.4 is 0 Å². The third-order valence-corrected chi connectivity index (χ3v) is 5.21. The van der Waals surface area contributed by atoms with Crippen molar-refractivity contribution in [3.8, 4) is 0 Å². The van der Waals surface area contributed by atoms with Gasteiger partial charge in [-0.1, -0.05) is 0 Å². The molecule has 9 heteroatoms. The highest BCUT2D eigenvalue weighted by molar-refractivity contribution is 7.81. The number of rotatable bonds is 6. The molecule has 0 bridgehead atoms. The zero-order chi connectivity index (χ0) is 19.3. The molecule has 2 atom stereocenters.